The number of piperazine rings is 1. The fraction of sp³-hybridized carbons (Fsp3) is 0.286. The van der Waals surface area contributed by atoms with Crippen molar-refractivity contribution in [2.45, 2.75) is 12.5 Å². The lowest BCUT2D eigenvalue weighted by atomic mass is 9.98. The van der Waals surface area contributed by atoms with E-state index in [2.05, 4.69) is 4.90 Å². The first-order chi connectivity index (χ1) is 17.5. The Bertz CT molecular complexity index is 1280. The molecule has 1 amide bonds. The zero-order valence-electron chi connectivity index (χ0n) is 20.1. The van der Waals surface area contributed by atoms with Gasteiger partial charge in [0.2, 0.25) is 0 Å². The van der Waals surface area contributed by atoms with Crippen molar-refractivity contribution in [2.75, 3.05) is 44.7 Å². The number of methoxy groups -OCH3 is 1. The monoisotopic (exact) mass is 506 g/mol. The van der Waals surface area contributed by atoms with E-state index in [-0.39, 0.29) is 24.3 Å². The normalized spacial score (nSPS) is 18.3. The van der Waals surface area contributed by atoms with Crippen molar-refractivity contribution in [2.24, 2.45) is 5.10 Å². The molecular formula is C28H28ClFN4O2. The summed E-state index contributed by atoms with van der Waals surface area (Å²) in [5.41, 5.74) is 3.12. The predicted molar refractivity (Wildman–Crippen MR) is 140 cm³/mol. The molecule has 0 saturated carbocycles. The summed E-state index contributed by atoms with van der Waals surface area (Å²) in [4.78, 5) is 17.7. The maximum atomic E-state index is 14.2. The Morgan fingerprint density at radius 1 is 1.00 bits per heavy atom. The molecule has 2 aliphatic rings. The third-order valence-corrected chi connectivity index (χ3v) is 7.12. The number of nitrogens with zero attached hydrogens (tertiary/aromatic N) is 4. The Hall–Kier alpha value is -3.42. The highest BCUT2D eigenvalue weighted by Gasteiger charge is 2.36. The minimum Gasteiger partial charge on any atom is -0.496 e. The maximum absolute atomic E-state index is 14.2. The predicted octanol–water partition coefficient (Wildman–Crippen LogP) is 4.99. The van der Waals surface area contributed by atoms with Crippen LogP contribution < -0.4 is 9.64 Å². The van der Waals surface area contributed by atoms with Crippen LogP contribution in [0.4, 0.5) is 10.1 Å². The first-order valence-electron chi connectivity index (χ1n) is 12.0. The van der Waals surface area contributed by atoms with Crippen LogP contribution in [0.15, 0.2) is 77.9 Å². The molecule has 0 aromatic heterocycles. The van der Waals surface area contributed by atoms with E-state index in [1.54, 1.807) is 24.3 Å². The van der Waals surface area contributed by atoms with Gasteiger partial charge in [0.15, 0.2) is 0 Å². The molecule has 1 atom stereocenters. The van der Waals surface area contributed by atoms with E-state index in [0.29, 0.717) is 49.1 Å². The molecule has 0 bridgehead atoms. The highest BCUT2D eigenvalue weighted by molar-refractivity contribution is 6.31. The molecule has 0 radical (unpaired) electrons. The second-order valence-electron chi connectivity index (χ2n) is 8.94. The van der Waals surface area contributed by atoms with Crippen LogP contribution in [-0.4, -0.2) is 61.4 Å². The van der Waals surface area contributed by atoms with E-state index < -0.39 is 0 Å². The minimum atomic E-state index is -0.300. The molecule has 0 unspecified atom stereocenters. The van der Waals surface area contributed by atoms with Crippen LogP contribution in [0.5, 0.6) is 5.75 Å². The van der Waals surface area contributed by atoms with Crippen LogP contribution in [0.25, 0.3) is 0 Å². The fourth-order valence-electron chi connectivity index (χ4n) is 4.89. The Labute approximate surface area is 215 Å². The van der Waals surface area contributed by atoms with Gasteiger partial charge in [-0.1, -0.05) is 54.1 Å². The van der Waals surface area contributed by atoms with Crippen molar-refractivity contribution in [1.82, 2.24) is 9.91 Å². The Kier molecular flexibility index (Phi) is 7.20. The summed E-state index contributed by atoms with van der Waals surface area (Å²) >= 11 is 6.55. The number of para-hydroxylation sites is 2. The molecule has 186 valence electrons. The lowest BCUT2D eigenvalue weighted by Crippen LogP contribution is -2.49. The smallest absolute Gasteiger partial charge is 0.257 e. The van der Waals surface area contributed by atoms with Crippen LogP contribution in [0.2, 0.25) is 5.02 Å². The maximum Gasteiger partial charge on any atom is 0.257 e. The molecule has 0 spiro atoms. The van der Waals surface area contributed by atoms with Gasteiger partial charge in [-0.2, -0.15) is 5.10 Å². The van der Waals surface area contributed by atoms with E-state index in [1.807, 2.05) is 59.5 Å². The molecule has 8 heteroatoms. The number of carbonyl (C=O) groups excluding carboxylic acids is 1. The van der Waals surface area contributed by atoms with Crippen molar-refractivity contribution in [3.05, 3.63) is 94.8 Å². The van der Waals surface area contributed by atoms with Crippen molar-refractivity contribution < 1.29 is 13.9 Å². The highest BCUT2D eigenvalue weighted by Crippen LogP contribution is 2.37. The minimum absolute atomic E-state index is 0.0934. The number of ether oxygens (including phenoxy) is 1. The molecule has 2 aliphatic heterocycles. The Morgan fingerprint density at radius 2 is 1.69 bits per heavy atom. The number of hydrogen-bond acceptors (Lipinski definition) is 5. The number of benzene rings is 3. The zero-order chi connectivity index (χ0) is 25.1. The Balaban J connectivity index is 1.34. The van der Waals surface area contributed by atoms with Crippen LogP contribution in [0, 0.1) is 5.82 Å². The van der Waals surface area contributed by atoms with Gasteiger partial charge < -0.3 is 9.64 Å². The number of rotatable bonds is 6. The molecule has 3 aromatic rings. The van der Waals surface area contributed by atoms with E-state index in [9.17, 15) is 9.18 Å². The zero-order valence-corrected chi connectivity index (χ0v) is 20.9. The standard InChI is InChI=1S/C28H28ClFN4O2/c1-36-27-13-7-3-9-21(27)24-18-26(20-8-2-4-10-22(20)29)34(31-24)28(35)19-32-14-16-33(17-15-32)25-12-6-5-11-23(25)30/h2-13,26H,14-19H2,1H3/t26-/m1/s1. The summed E-state index contributed by atoms with van der Waals surface area (Å²) in [6.07, 6.45) is 0.539. The number of anilines is 1. The summed E-state index contributed by atoms with van der Waals surface area (Å²) in [5, 5.41) is 6.96. The van der Waals surface area contributed by atoms with Crippen LogP contribution >= 0.6 is 11.6 Å². The second kappa shape index (κ2) is 10.7. The topological polar surface area (TPSA) is 48.4 Å². The first-order valence-corrected chi connectivity index (χ1v) is 12.4. The molecule has 0 aliphatic carbocycles. The van der Waals surface area contributed by atoms with Crippen molar-refractivity contribution in [3.8, 4) is 5.75 Å². The van der Waals surface area contributed by atoms with Gasteiger partial charge in [0.25, 0.3) is 5.91 Å². The molecule has 6 nitrogen and oxygen atoms in total. The first kappa shape index (κ1) is 24.3. The molecule has 1 saturated heterocycles. The van der Waals surface area contributed by atoms with Gasteiger partial charge in [-0.3, -0.25) is 9.69 Å². The largest absolute Gasteiger partial charge is 0.496 e. The number of hydrogen-bond donors (Lipinski definition) is 0. The quantitative estimate of drug-likeness (QED) is 0.473. The van der Waals surface area contributed by atoms with Gasteiger partial charge in [-0.25, -0.2) is 9.40 Å². The average Bonchev–Trinajstić information content (AvgIpc) is 3.35. The lowest BCUT2D eigenvalue weighted by Gasteiger charge is -2.36. The summed E-state index contributed by atoms with van der Waals surface area (Å²) < 4.78 is 19.7. The average molecular weight is 507 g/mol. The van der Waals surface area contributed by atoms with Crippen molar-refractivity contribution in [3.63, 3.8) is 0 Å². The second-order valence-corrected chi connectivity index (χ2v) is 9.35. The summed E-state index contributed by atoms with van der Waals surface area (Å²) in [6.45, 7) is 2.85. The number of carbonyl (C=O) groups is 1. The third-order valence-electron chi connectivity index (χ3n) is 6.77. The number of hydrazone groups is 1. The molecule has 5 rings (SSSR count). The van der Waals surface area contributed by atoms with Crippen LogP contribution in [-0.2, 0) is 4.79 Å². The van der Waals surface area contributed by atoms with Gasteiger partial charge >= 0.3 is 0 Å². The van der Waals surface area contributed by atoms with Gasteiger partial charge in [-0.15, -0.1) is 0 Å². The van der Waals surface area contributed by atoms with Gasteiger partial charge in [-0.05, 0) is 35.9 Å². The van der Waals surface area contributed by atoms with Crippen LogP contribution in [0.1, 0.15) is 23.6 Å². The third kappa shape index (κ3) is 4.94. The Morgan fingerprint density at radius 3 is 2.44 bits per heavy atom. The number of amides is 1. The van der Waals surface area contributed by atoms with Crippen molar-refractivity contribution >= 4 is 28.9 Å². The van der Waals surface area contributed by atoms with E-state index in [4.69, 9.17) is 21.4 Å². The molecule has 36 heavy (non-hydrogen) atoms. The molecule has 1 fully saturated rings. The van der Waals surface area contributed by atoms with Crippen LogP contribution in [0.3, 0.4) is 0 Å². The summed E-state index contributed by atoms with van der Waals surface area (Å²) in [6, 6.07) is 21.8. The van der Waals surface area contributed by atoms with Crippen molar-refractivity contribution in [1.29, 1.82) is 0 Å². The fourth-order valence-corrected chi connectivity index (χ4v) is 5.15. The molecule has 0 N–H and O–H groups in total. The molecule has 2 heterocycles. The molecule has 3 aromatic carbocycles. The summed E-state index contributed by atoms with van der Waals surface area (Å²) in [7, 11) is 1.63. The van der Waals surface area contributed by atoms with Gasteiger partial charge in [0.1, 0.15) is 11.6 Å². The van der Waals surface area contributed by atoms with Gasteiger partial charge in [0.05, 0.1) is 31.1 Å². The van der Waals surface area contributed by atoms with E-state index in [0.717, 1.165) is 16.8 Å². The highest BCUT2D eigenvalue weighted by atomic mass is 35.5. The summed E-state index contributed by atoms with van der Waals surface area (Å²) in [5.74, 6) is 0.400. The molecular weight excluding hydrogens is 479 g/mol. The lowest BCUT2D eigenvalue weighted by molar-refractivity contribution is -0.134. The number of halogens is 2. The van der Waals surface area contributed by atoms with Gasteiger partial charge in [0, 0.05) is 43.2 Å². The van der Waals surface area contributed by atoms with E-state index >= 15 is 0 Å². The SMILES string of the molecule is COc1ccccc1C1=NN(C(=O)CN2CCN(c3ccccc3F)CC2)[C@@H](c2ccccc2Cl)C1. The van der Waals surface area contributed by atoms with E-state index in [1.165, 1.54) is 6.07 Å².